The largest absolute Gasteiger partial charge is 1.00 e. The Hall–Kier alpha value is 1.07. The molecule has 0 N–H and O–H groups in total. The van der Waals surface area contributed by atoms with Gasteiger partial charge in [0.1, 0.15) is 6.61 Å². The van der Waals surface area contributed by atoms with Crippen molar-refractivity contribution >= 4 is 36.6 Å². The van der Waals surface area contributed by atoms with E-state index in [2.05, 4.69) is 11.4 Å². The van der Waals surface area contributed by atoms with Gasteiger partial charge in [-0.3, -0.25) is 14.4 Å². The van der Waals surface area contributed by atoms with Crippen LogP contribution in [-0.2, 0) is 32.9 Å². The molecular formula is C28H51Na2O9PS. The fraction of sp³-hybridized carbons (Fsp3) is 0.893. The van der Waals surface area contributed by atoms with Crippen LogP contribution in [0.3, 0.4) is 0 Å². The first-order chi connectivity index (χ1) is 18.6. The van der Waals surface area contributed by atoms with Gasteiger partial charge in [0.15, 0.2) is 11.2 Å². The van der Waals surface area contributed by atoms with E-state index in [0.717, 1.165) is 63.5 Å². The molecule has 230 valence electrons. The van der Waals surface area contributed by atoms with Crippen molar-refractivity contribution in [3.8, 4) is 0 Å². The number of carbonyl (C=O) groups is 3. The van der Waals surface area contributed by atoms with Crippen LogP contribution in [0.25, 0.3) is 0 Å². The zero-order valence-corrected chi connectivity index (χ0v) is 31.9. The number of rotatable bonds is 27. The summed E-state index contributed by atoms with van der Waals surface area (Å²) in [4.78, 5) is 56.8. The molecule has 0 heterocycles. The van der Waals surface area contributed by atoms with E-state index in [-0.39, 0.29) is 83.7 Å². The van der Waals surface area contributed by atoms with Gasteiger partial charge in [-0.2, -0.15) is 0 Å². The number of phosphoric acid groups is 1. The Bertz CT molecular complexity index is 695. The third-order valence-corrected chi connectivity index (χ3v) is 7.58. The van der Waals surface area contributed by atoms with Crippen LogP contribution in [0.15, 0.2) is 0 Å². The maximum absolute atomic E-state index is 12.1. The summed E-state index contributed by atoms with van der Waals surface area (Å²) in [5.74, 6) is -0.0961. The Morgan fingerprint density at radius 3 is 1.59 bits per heavy atom. The predicted molar refractivity (Wildman–Crippen MR) is 151 cm³/mol. The molecule has 0 aromatic heterocycles. The number of thioether (sulfide) groups is 1. The van der Waals surface area contributed by atoms with E-state index in [1.54, 1.807) is 6.92 Å². The summed E-state index contributed by atoms with van der Waals surface area (Å²) in [5.41, 5.74) is 0. The molecule has 0 spiro atoms. The number of unbranched alkanes of at least 4 members (excludes halogenated alkanes) is 15. The van der Waals surface area contributed by atoms with E-state index in [4.69, 9.17) is 9.47 Å². The summed E-state index contributed by atoms with van der Waals surface area (Å²) in [5, 5.41) is 0.176. The van der Waals surface area contributed by atoms with Crippen LogP contribution < -0.4 is 68.9 Å². The van der Waals surface area contributed by atoms with Gasteiger partial charge in [0.05, 0.1) is 14.4 Å². The van der Waals surface area contributed by atoms with E-state index < -0.39 is 32.5 Å². The Kier molecular flexibility index (Phi) is 36.8. The average molecular weight is 641 g/mol. The molecule has 0 aliphatic carbocycles. The van der Waals surface area contributed by atoms with Gasteiger partial charge >= 0.3 is 71.1 Å². The van der Waals surface area contributed by atoms with Crippen LogP contribution in [0.4, 0.5) is 0 Å². The van der Waals surface area contributed by atoms with Gasteiger partial charge in [-0.05, 0) is 19.3 Å². The monoisotopic (exact) mass is 640 g/mol. The van der Waals surface area contributed by atoms with Crippen LogP contribution in [0, 0.1) is 0 Å². The predicted octanol–water partition coefficient (Wildman–Crippen LogP) is 0.00620. The molecule has 0 aromatic carbocycles. The molecule has 0 aromatic rings. The summed E-state index contributed by atoms with van der Waals surface area (Å²) in [6, 6.07) is 0. The van der Waals surface area contributed by atoms with E-state index in [0.29, 0.717) is 12.8 Å². The van der Waals surface area contributed by atoms with Gasteiger partial charge < -0.3 is 28.3 Å². The van der Waals surface area contributed by atoms with Gasteiger partial charge in [0.2, 0.25) is 0 Å². The molecular weight excluding hydrogens is 589 g/mol. The number of ether oxygens (including phenoxy) is 2. The maximum atomic E-state index is 12.1. The molecule has 0 rings (SSSR count). The third-order valence-electron chi connectivity index (χ3n) is 6.21. The first-order valence-corrected chi connectivity index (χ1v) is 17.2. The molecule has 0 fully saturated rings. The first kappa shape index (κ1) is 46.5. The fourth-order valence-corrected chi connectivity index (χ4v) is 5.01. The molecule has 0 radical (unpaired) electrons. The molecule has 0 aliphatic heterocycles. The van der Waals surface area contributed by atoms with Gasteiger partial charge in [0.25, 0.3) is 0 Å². The summed E-state index contributed by atoms with van der Waals surface area (Å²) in [7, 11) is -5.24. The van der Waals surface area contributed by atoms with Gasteiger partial charge in [-0.15, -0.1) is 0 Å². The number of phosphoric ester groups is 1. The van der Waals surface area contributed by atoms with Crippen molar-refractivity contribution in [2.24, 2.45) is 0 Å². The number of carbonyl (C=O) groups excluding carboxylic acids is 3. The van der Waals surface area contributed by atoms with Crippen LogP contribution in [0.5, 0.6) is 0 Å². The molecule has 0 bridgehead atoms. The zero-order valence-electron chi connectivity index (χ0n) is 26.2. The van der Waals surface area contributed by atoms with Crippen molar-refractivity contribution in [3.05, 3.63) is 0 Å². The molecule has 9 nitrogen and oxygen atoms in total. The van der Waals surface area contributed by atoms with Crippen LogP contribution in [0.2, 0.25) is 0 Å². The van der Waals surface area contributed by atoms with Crippen LogP contribution >= 0.6 is 19.6 Å². The maximum Gasteiger partial charge on any atom is 1.00 e. The summed E-state index contributed by atoms with van der Waals surface area (Å²) in [6.45, 7) is 2.74. The Morgan fingerprint density at radius 2 is 1.12 bits per heavy atom. The summed E-state index contributed by atoms with van der Waals surface area (Å²) < 4.78 is 25.5. The Morgan fingerprint density at radius 1 is 0.683 bits per heavy atom. The normalized spacial score (nSPS) is 11.7. The molecule has 0 unspecified atom stereocenters. The molecule has 41 heavy (non-hydrogen) atoms. The SMILES string of the molecule is CCCCCCCCCCC(=O)O[C@@H](COC(=O)CCCCCCCCCCCSC(C)=O)COP(=O)([O-])[O-].[Na+].[Na+]. The molecule has 0 saturated carbocycles. The molecule has 0 amide bonds. The van der Waals surface area contributed by atoms with Crippen molar-refractivity contribution in [1.29, 1.82) is 0 Å². The molecule has 0 saturated heterocycles. The quantitative estimate of drug-likeness (QED) is 0.0522. The number of esters is 2. The van der Waals surface area contributed by atoms with Crippen molar-refractivity contribution in [2.75, 3.05) is 19.0 Å². The Labute approximate surface area is 297 Å². The van der Waals surface area contributed by atoms with Gasteiger partial charge in [-0.1, -0.05) is 109 Å². The Balaban J connectivity index is -0.00000722. The minimum absolute atomic E-state index is 0. The zero-order chi connectivity index (χ0) is 29.2. The van der Waals surface area contributed by atoms with Crippen LogP contribution in [0.1, 0.15) is 136 Å². The van der Waals surface area contributed by atoms with Gasteiger partial charge in [0, 0.05) is 25.5 Å². The standard InChI is InChI=1S/C28H53O9PS.2Na/c1-3-4-5-6-7-11-15-18-21-28(31)37-26(24-36-38(32,33)34)23-35-27(30)20-17-14-12-9-8-10-13-16-19-22-39-25(2)29;;/h26H,3-24H2,1-2H3,(H2,32,33,34);;/q;2*+1/p-2/t26-;;/m0../s1. The van der Waals surface area contributed by atoms with Crippen molar-refractivity contribution in [2.45, 2.75) is 142 Å². The number of hydrogen-bond acceptors (Lipinski definition) is 10. The minimum atomic E-state index is -5.24. The second kappa shape index (κ2) is 32.5. The topological polar surface area (TPSA) is 142 Å². The smallest absolute Gasteiger partial charge is 0.790 e. The molecule has 1 atom stereocenters. The van der Waals surface area contributed by atoms with E-state index in [1.165, 1.54) is 50.3 Å². The molecule has 13 heteroatoms. The van der Waals surface area contributed by atoms with Crippen LogP contribution in [-0.4, -0.2) is 42.1 Å². The summed E-state index contributed by atoms with van der Waals surface area (Å²) >= 11 is 1.39. The summed E-state index contributed by atoms with van der Waals surface area (Å²) in [6.07, 6.45) is 17.3. The van der Waals surface area contributed by atoms with E-state index in [9.17, 15) is 28.7 Å². The van der Waals surface area contributed by atoms with Crippen molar-refractivity contribution < 1.29 is 102 Å². The fourth-order valence-electron chi connectivity index (χ4n) is 4.02. The van der Waals surface area contributed by atoms with Crippen molar-refractivity contribution in [1.82, 2.24) is 0 Å². The third kappa shape index (κ3) is 37.2. The minimum Gasteiger partial charge on any atom is -0.790 e. The number of hydrogen-bond donors (Lipinski definition) is 0. The van der Waals surface area contributed by atoms with Gasteiger partial charge in [-0.25, -0.2) is 0 Å². The van der Waals surface area contributed by atoms with Crippen molar-refractivity contribution in [3.63, 3.8) is 0 Å². The second-order valence-electron chi connectivity index (χ2n) is 10.0. The molecule has 0 aliphatic rings. The van der Waals surface area contributed by atoms with E-state index >= 15 is 0 Å². The second-order valence-corrected chi connectivity index (χ2v) is 12.5. The van der Waals surface area contributed by atoms with E-state index in [1.807, 2.05) is 0 Å². The first-order valence-electron chi connectivity index (χ1n) is 14.8. The average Bonchev–Trinajstić information content (AvgIpc) is 2.87.